The fourth-order valence-corrected chi connectivity index (χ4v) is 3.55. The smallest absolute Gasteiger partial charge is 0.317 e. The molecule has 0 heterocycles. The largest absolute Gasteiger partial charge is 0.468 e. The maximum Gasteiger partial charge on any atom is 0.317 e. The van der Waals surface area contributed by atoms with E-state index in [2.05, 4.69) is 0 Å². The number of esters is 1. The highest BCUT2D eigenvalue weighted by Gasteiger charge is 2.49. The standard InChI is InChI=1S/C21H27NO4/c1-6-10-16(23)17-15(22(4)14-11-8-7-9-12-14)13-21(2,3)18(19(17)24)20(25)26-5/h7-9,11-12,18H,6,10,13H2,1-5H3/t18-/m1/s1. The van der Waals surface area contributed by atoms with Gasteiger partial charge in [0.25, 0.3) is 0 Å². The van der Waals surface area contributed by atoms with Crippen LogP contribution in [0.1, 0.15) is 40.0 Å². The van der Waals surface area contributed by atoms with Gasteiger partial charge in [0, 0.05) is 24.9 Å². The first-order chi connectivity index (χ1) is 12.2. The molecule has 0 fully saturated rings. The second-order valence-corrected chi connectivity index (χ2v) is 7.38. The van der Waals surface area contributed by atoms with Crippen molar-refractivity contribution in [2.24, 2.45) is 11.3 Å². The van der Waals surface area contributed by atoms with E-state index in [1.807, 2.05) is 63.1 Å². The molecule has 0 saturated carbocycles. The average Bonchev–Trinajstić information content (AvgIpc) is 2.60. The molecule has 0 N–H and O–H groups in total. The third kappa shape index (κ3) is 3.71. The summed E-state index contributed by atoms with van der Waals surface area (Å²) in [6.45, 7) is 5.63. The number of carbonyl (C=O) groups is 3. The van der Waals surface area contributed by atoms with E-state index in [0.29, 0.717) is 18.5 Å². The zero-order valence-electron chi connectivity index (χ0n) is 16.2. The van der Waals surface area contributed by atoms with Crippen LogP contribution in [0, 0.1) is 11.3 Å². The minimum Gasteiger partial charge on any atom is -0.468 e. The zero-order chi connectivity index (χ0) is 19.5. The van der Waals surface area contributed by atoms with Crippen LogP contribution >= 0.6 is 0 Å². The van der Waals surface area contributed by atoms with E-state index in [-0.39, 0.29) is 17.8 Å². The number of carbonyl (C=O) groups excluding carboxylic acids is 3. The Labute approximate surface area is 155 Å². The molecule has 1 atom stereocenters. The molecule has 5 heteroatoms. The molecule has 0 radical (unpaired) electrons. The molecule has 0 aromatic heterocycles. The Morgan fingerprint density at radius 2 is 1.85 bits per heavy atom. The van der Waals surface area contributed by atoms with Crippen LogP contribution in [0.4, 0.5) is 5.69 Å². The molecule has 5 nitrogen and oxygen atoms in total. The van der Waals surface area contributed by atoms with Gasteiger partial charge in [-0.2, -0.15) is 0 Å². The number of benzene rings is 1. The molecule has 1 aliphatic carbocycles. The van der Waals surface area contributed by atoms with Gasteiger partial charge >= 0.3 is 5.97 Å². The number of ketones is 2. The highest BCUT2D eigenvalue weighted by Crippen LogP contribution is 2.44. The van der Waals surface area contributed by atoms with Gasteiger partial charge in [-0.3, -0.25) is 14.4 Å². The van der Waals surface area contributed by atoms with Gasteiger partial charge in [-0.15, -0.1) is 0 Å². The summed E-state index contributed by atoms with van der Waals surface area (Å²) >= 11 is 0. The van der Waals surface area contributed by atoms with Crippen molar-refractivity contribution in [1.29, 1.82) is 0 Å². The lowest BCUT2D eigenvalue weighted by atomic mass is 9.66. The number of methoxy groups -OCH3 is 1. The van der Waals surface area contributed by atoms with Crippen molar-refractivity contribution < 1.29 is 19.1 Å². The highest BCUT2D eigenvalue weighted by atomic mass is 16.5. The van der Waals surface area contributed by atoms with Gasteiger partial charge in [0.05, 0.1) is 12.7 Å². The van der Waals surface area contributed by atoms with Gasteiger partial charge in [0.15, 0.2) is 11.6 Å². The topological polar surface area (TPSA) is 63.7 Å². The van der Waals surface area contributed by atoms with Crippen LogP contribution in [0.15, 0.2) is 41.6 Å². The van der Waals surface area contributed by atoms with E-state index in [0.717, 1.165) is 5.69 Å². The number of hydrogen-bond donors (Lipinski definition) is 0. The van der Waals surface area contributed by atoms with Gasteiger partial charge in [-0.1, -0.05) is 39.0 Å². The van der Waals surface area contributed by atoms with Crippen LogP contribution in [0.25, 0.3) is 0 Å². The Morgan fingerprint density at radius 1 is 1.23 bits per heavy atom. The van der Waals surface area contributed by atoms with E-state index in [4.69, 9.17) is 4.74 Å². The number of Topliss-reactive ketones (excluding diaryl/α,β-unsaturated/α-hetero) is 2. The summed E-state index contributed by atoms with van der Waals surface area (Å²) in [5, 5.41) is 0. The molecule has 0 spiro atoms. The van der Waals surface area contributed by atoms with Crippen molar-refractivity contribution in [3.63, 3.8) is 0 Å². The molecular weight excluding hydrogens is 330 g/mol. The molecule has 0 saturated heterocycles. The number of ether oxygens (including phenoxy) is 1. The van der Waals surface area contributed by atoms with E-state index in [9.17, 15) is 14.4 Å². The lowest BCUT2D eigenvalue weighted by molar-refractivity contribution is -0.154. The van der Waals surface area contributed by atoms with Gasteiger partial charge in [0.1, 0.15) is 5.92 Å². The third-order valence-electron chi connectivity index (χ3n) is 4.94. The molecule has 0 aliphatic heterocycles. The van der Waals surface area contributed by atoms with Crippen LogP contribution in [0.2, 0.25) is 0 Å². The van der Waals surface area contributed by atoms with Crippen molar-refractivity contribution in [3.8, 4) is 0 Å². The van der Waals surface area contributed by atoms with Gasteiger partial charge in [-0.25, -0.2) is 0 Å². The quantitative estimate of drug-likeness (QED) is 0.443. The molecule has 140 valence electrons. The molecule has 2 rings (SSSR count). The van der Waals surface area contributed by atoms with E-state index in [1.165, 1.54) is 7.11 Å². The fourth-order valence-electron chi connectivity index (χ4n) is 3.55. The second kappa shape index (κ2) is 7.85. The Hall–Kier alpha value is -2.43. The van der Waals surface area contributed by atoms with Crippen LogP contribution < -0.4 is 4.90 Å². The lowest BCUT2D eigenvalue weighted by Crippen LogP contribution is -2.46. The van der Waals surface area contributed by atoms with Crippen molar-refractivity contribution in [1.82, 2.24) is 0 Å². The van der Waals surface area contributed by atoms with Gasteiger partial charge in [-0.05, 0) is 30.4 Å². The monoisotopic (exact) mass is 357 g/mol. The molecule has 1 aromatic carbocycles. The predicted octanol–water partition coefficient (Wildman–Crippen LogP) is 3.53. The van der Waals surface area contributed by atoms with Crippen molar-refractivity contribution in [3.05, 3.63) is 41.6 Å². The maximum atomic E-state index is 13.2. The first kappa shape index (κ1) is 19.9. The van der Waals surface area contributed by atoms with Crippen LogP contribution in [0.3, 0.4) is 0 Å². The summed E-state index contributed by atoms with van der Waals surface area (Å²) in [5.41, 5.74) is 1.07. The SMILES string of the molecule is CCCC(=O)C1=C(N(C)c2ccccc2)CC(C)(C)[C@@H](C(=O)OC)C1=O. The number of rotatable bonds is 6. The van der Waals surface area contributed by atoms with Crippen molar-refractivity contribution >= 4 is 23.2 Å². The number of anilines is 1. The number of allylic oxidation sites excluding steroid dienone is 2. The van der Waals surface area contributed by atoms with Crippen molar-refractivity contribution in [2.75, 3.05) is 19.1 Å². The minimum atomic E-state index is -0.962. The molecule has 0 bridgehead atoms. The Bertz CT molecular complexity index is 734. The fraction of sp³-hybridized carbons (Fsp3) is 0.476. The maximum absolute atomic E-state index is 13.2. The first-order valence-corrected chi connectivity index (χ1v) is 8.91. The lowest BCUT2D eigenvalue weighted by Gasteiger charge is -2.40. The summed E-state index contributed by atoms with van der Waals surface area (Å²) in [6.07, 6.45) is 1.36. The minimum absolute atomic E-state index is 0.146. The molecule has 1 aliphatic rings. The van der Waals surface area contributed by atoms with Gasteiger partial charge in [0.2, 0.25) is 0 Å². The zero-order valence-corrected chi connectivity index (χ0v) is 16.2. The van der Waals surface area contributed by atoms with E-state index in [1.54, 1.807) is 0 Å². The Morgan fingerprint density at radius 3 is 2.38 bits per heavy atom. The van der Waals surface area contributed by atoms with Crippen molar-refractivity contribution in [2.45, 2.75) is 40.0 Å². The van der Waals surface area contributed by atoms with Crippen LogP contribution in [-0.2, 0) is 19.1 Å². The van der Waals surface area contributed by atoms with Gasteiger partial charge < -0.3 is 9.64 Å². The molecule has 26 heavy (non-hydrogen) atoms. The summed E-state index contributed by atoms with van der Waals surface area (Å²) < 4.78 is 4.86. The molecule has 0 amide bonds. The number of para-hydroxylation sites is 1. The normalized spacial score (nSPS) is 19.3. The summed E-state index contributed by atoms with van der Waals surface area (Å²) in [4.78, 5) is 40.1. The number of nitrogens with zero attached hydrogens (tertiary/aromatic N) is 1. The van der Waals surface area contributed by atoms with E-state index < -0.39 is 23.1 Å². The average molecular weight is 357 g/mol. The highest BCUT2D eigenvalue weighted by molar-refractivity contribution is 6.26. The second-order valence-electron chi connectivity index (χ2n) is 7.38. The predicted molar refractivity (Wildman–Crippen MR) is 101 cm³/mol. The molecule has 0 unspecified atom stereocenters. The molecular formula is C21H27NO4. The Kier molecular flexibility index (Phi) is 6.01. The summed E-state index contributed by atoms with van der Waals surface area (Å²) in [6, 6.07) is 9.59. The third-order valence-corrected chi connectivity index (χ3v) is 4.94. The van der Waals surface area contributed by atoms with Crippen LogP contribution in [-0.4, -0.2) is 31.7 Å². The first-order valence-electron chi connectivity index (χ1n) is 8.91. The Balaban J connectivity index is 2.61. The molecule has 1 aromatic rings. The number of hydrogen-bond acceptors (Lipinski definition) is 5. The van der Waals surface area contributed by atoms with Crippen LogP contribution in [0.5, 0.6) is 0 Å². The summed E-state index contributed by atoms with van der Waals surface area (Å²) in [7, 11) is 3.13. The summed E-state index contributed by atoms with van der Waals surface area (Å²) in [5.74, 6) is -2.18. The van der Waals surface area contributed by atoms with E-state index >= 15 is 0 Å².